The lowest BCUT2D eigenvalue weighted by atomic mass is 10.2. The highest BCUT2D eigenvalue weighted by atomic mass is 16.5. The standard InChI is InChI=1S/C23H23N5O3/c1-14-24-20(13-21(25-14)28(2)3)26-16-8-10-17(11-9-16)27-23(29)19-12-15-6-5-7-18(30-4)22(15)31-19/h5-13H,1-4H3,(H,27,29)(H,24,25,26). The van der Waals surface area contributed by atoms with Crippen molar-refractivity contribution in [3.63, 3.8) is 0 Å². The molecular formula is C23H23N5O3. The molecule has 0 spiro atoms. The number of nitrogens with one attached hydrogen (secondary N) is 2. The summed E-state index contributed by atoms with van der Waals surface area (Å²) in [6, 6.07) is 16.4. The number of para-hydroxylation sites is 1. The van der Waals surface area contributed by atoms with Gasteiger partial charge < -0.3 is 24.7 Å². The van der Waals surface area contributed by atoms with Gasteiger partial charge in [-0.05, 0) is 43.3 Å². The van der Waals surface area contributed by atoms with Crippen molar-refractivity contribution in [3.8, 4) is 5.75 Å². The monoisotopic (exact) mass is 417 g/mol. The number of fused-ring (bicyclic) bond motifs is 1. The fourth-order valence-corrected chi connectivity index (χ4v) is 3.13. The fourth-order valence-electron chi connectivity index (χ4n) is 3.13. The van der Waals surface area contributed by atoms with Crippen LogP contribution < -0.4 is 20.3 Å². The number of rotatable bonds is 6. The van der Waals surface area contributed by atoms with E-state index in [9.17, 15) is 4.79 Å². The summed E-state index contributed by atoms with van der Waals surface area (Å²) in [5, 5.41) is 6.91. The summed E-state index contributed by atoms with van der Waals surface area (Å²) in [5.41, 5.74) is 2.04. The molecule has 0 unspecified atom stereocenters. The Morgan fingerprint density at radius 2 is 1.77 bits per heavy atom. The number of nitrogens with zero attached hydrogens (tertiary/aromatic N) is 3. The summed E-state index contributed by atoms with van der Waals surface area (Å²) in [6.07, 6.45) is 0. The average molecular weight is 417 g/mol. The van der Waals surface area contributed by atoms with Gasteiger partial charge in [-0.1, -0.05) is 12.1 Å². The summed E-state index contributed by atoms with van der Waals surface area (Å²) in [7, 11) is 5.43. The molecule has 4 rings (SSSR count). The zero-order valence-corrected chi connectivity index (χ0v) is 17.8. The summed E-state index contributed by atoms with van der Waals surface area (Å²) in [6.45, 7) is 1.85. The number of hydrogen-bond acceptors (Lipinski definition) is 7. The maximum atomic E-state index is 12.6. The van der Waals surface area contributed by atoms with E-state index in [0.717, 1.165) is 16.9 Å². The number of benzene rings is 2. The molecule has 1 amide bonds. The number of furan rings is 1. The van der Waals surface area contributed by atoms with Crippen LogP contribution >= 0.6 is 0 Å². The Morgan fingerprint density at radius 1 is 1.03 bits per heavy atom. The maximum absolute atomic E-state index is 12.6. The second-order valence-corrected chi connectivity index (χ2v) is 7.20. The van der Waals surface area contributed by atoms with Gasteiger partial charge in [-0.2, -0.15) is 0 Å². The first kappa shape index (κ1) is 20.2. The second-order valence-electron chi connectivity index (χ2n) is 7.20. The van der Waals surface area contributed by atoms with Gasteiger partial charge in [-0.3, -0.25) is 4.79 Å². The predicted molar refractivity (Wildman–Crippen MR) is 122 cm³/mol. The van der Waals surface area contributed by atoms with Crippen LogP contribution in [0.5, 0.6) is 5.75 Å². The van der Waals surface area contributed by atoms with Crippen LogP contribution in [0.4, 0.5) is 23.0 Å². The van der Waals surface area contributed by atoms with Crippen LogP contribution in [0.15, 0.2) is 59.0 Å². The molecule has 2 aromatic carbocycles. The second kappa shape index (κ2) is 8.35. The fraction of sp³-hybridized carbons (Fsp3) is 0.174. The lowest BCUT2D eigenvalue weighted by Crippen LogP contribution is -2.12. The van der Waals surface area contributed by atoms with E-state index >= 15 is 0 Å². The molecule has 158 valence electrons. The molecule has 2 aromatic heterocycles. The number of carbonyl (C=O) groups excluding carboxylic acids is 1. The van der Waals surface area contributed by atoms with Gasteiger partial charge in [0.15, 0.2) is 17.1 Å². The molecule has 31 heavy (non-hydrogen) atoms. The Balaban J connectivity index is 1.47. The molecule has 2 N–H and O–H groups in total. The van der Waals surface area contributed by atoms with Crippen molar-refractivity contribution in [3.05, 3.63) is 66.2 Å². The van der Waals surface area contributed by atoms with Crippen molar-refractivity contribution in [2.75, 3.05) is 36.7 Å². The smallest absolute Gasteiger partial charge is 0.291 e. The summed E-state index contributed by atoms with van der Waals surface area (Å²) in [5.74, 6) is 2.67. The zero-order chi connectivity index (χ0) is 22.0. The lowest BCUT2D eigenvalue weighted by Gasteiger charge is -2.14. The van der Waals surface area contributed by atoms with E-state index in [0.29, 0.717) is 28.7 Å². The minimum atomic E-state index is -0.332. The molecule has 0 aliphatic carbocycles. The van der Waals surface area contributed by atoms with Gasteiger partial charge in [0, 0.05) is 36.9 Å². The quantitative estimate of drug-likeness (QED) is 0.473. The Kier molecular flexibility index (Phi) is 5.44. The Morgan fingerprint density at radius 3 is 2.48 bits per heavy atom. The minimum absolute atomic E-state index is 0.217. The van der Waals surface area contributed by atoms with E-state index in [4.69, 9.17) is 9.15 Å². The molecule has 8 heteroatoms. The topological polar surface area (TPSA) is 92.5 Å². The van der Waals surface area contributed by atoms with Gasteiger partial charge in [0.2, 0.25) is 0 Å². The number of aryl methyl sites for hydroxylation is 1. The van der Waals surface area contributed by atoms with E-state index < -0.39 is 0 Å². The van der Waals surface area contributed by atoms with Crippen LogP contribution in [-0.4, -0.2) is 37.1 Å². The van der Waals surface area contributed by atoms with Crippen molar-refractivity contribution in [1.29, 1.82) is 0 Å². The number of aromatic nitrogens is 2. The van der Waals surface area contributed by atoms with Crippen LogP contribution in [-0.2, 0) is 0 Å². The molecular weight excluding hydrogens is 394 g/mol. The number of methoxy groups -OCH3 is 1. The van der Waals surface area contributed by atoms with Crippen LogP contribution in [0.2, 0.25) is 0 Å². The van der Waals surface area contributed by atoms with Crippen LogP contribution in [0, 0.1) is 6.92 Å². The Hall–Kier alpha value is -4.07. The third-order valence-electron chi connectivity index (χ3n) is 4.65. The van der Waals surface area contributed by atoms with E-state index in [2.05, 4.69) is 20.6 Å². The zero-order valence-electron chi connectivity index (χ0n) is 17.8. The van der Waals surface area contributed by atoms with E-state index in [1.807, 2.05) is 68.4 Å². The molecule has 0 radical (unpaired) electrons. The van der Waals surface area contributed by atoms with Crippen molar-refractivity contribution in [1.82, 2.24) is 9.97 Å². The molecule has 2 heterocycles. The molecule has 0 aliphatic heterocycles. The van der Waals surface area contributed by atoms with Gasteiger partial charge in [-0.15, -0.1) is 0 Å². The number of amides is 1. The van der Waals surface area contributed by atoms with Crippen LogP contribution in [0.1, 0.15) is 16.4 Å². The van der Waals surface area contributed by atoms with Gasteiger partial charge in [0.05, 0.1) is 7.11 Å². The molecule has 0 saturated heterocycles. The van der Waals surface area contributed by atoms with E-state index in [1.54, 1.807) is 19.2 Å². The van der Waals surface area contributed by atoms with Gasteiger partial charge >= 0.3 is 0 Å². The molecule has 8 nitrogen and oxygen atoms in total. The van der Waals surface area contributed by atoms with E-state index in [-0.39, 0.29) is 11.7 Å². The summed E-state index contributed by atoms with van der Waals surface area (Å²) >= 11 is 0. The lowest BCUT2D eigenvalue weighted by molar-refractivity contribution is 0.0998. The first-order valence-electron chi connectivity index (χ1n) is 9.71. The van der Waals surface area contributed by atoms with Gasteiger partial charge in [0.25, 0.3) is 5.91 Å². The van der Waals surface area contributed by atoms with Crippen LogP contribution in [0.3, 0.4) is 0 Å². The number of hydrogen-bond donors (Lipinski definition) is 2. The first-order valence-corrected chi connectivity index (χ1v) is 9.71. The van der Waals surface area contributed by atoms with Crippen LogP contribution in [0.25, 0.3) is 11.0 Å². The SMILES string of the molecule is COc1cccc2cc(C(=O)Nc3ccc(Nc4cc(N(C)C)nc(C)n4)cc3)oc12. The van der Waals surface area contributed by atoms with Gasteiger partial charge in [0.1, 0.15) is 17.5 Å². The number of carbonyl (C=O) groups is 1. The molecule has 0 bridgehead atoms. The van der Waals surface area contributed by atoms with Crippen molar-refractivity contribution < 1.29 is 13.9 Å². The Labute approximate surface area is 179 Å². The molecule has 0 fully saturated rings. The molecule has 0 atom stereocenters. The van der Waals surface area contributed by atoms with Crippen molar-refractivity contribution in [2.45, 2.75) is 6.92 Å². The summed E-state index contributed by atoms with van der Waals surface area (Å²) < 4.78 is 11.0. The van der Waals surface area contributed by atoms with E-state index in [1.165, 1.54) is 0 Å². The number of anilines is 4. The minimum Gasteiger partial charge on any atom is -0.493 e. The maximum Gasteiger partial charge on any atom is 0.291 e. The van der Waals surface area contributed by atoms with Crippen molar-refractivity contribution >= 4 is 39.9 Å². The molecule has 0 saturated carbocycles. The molecule has 0 aliphatic rings. The largest absolute Gasteiger partial charge is 0.493 e. The normalized spacial score (nSPS) is 10.7. The first-order chi connectivity index (χ1) is 14.9. The summed E-state index contributed by atoms with van der Waals surface area (Å²) in [4.78, 5) is 23.3. The third kappa shape index (κ3) is 4.42. The van der Waals surface area contributed by atoms with Gasteiger partial charge in [-0.25, -0.2) is 9.97 Å². The third-order valence-corrected chi connectivity index (χ3v) is 4.65. The predicted octanol–water partition coefficient (Wildman–Crippen LogP) is 4.60. The Bertz CT molecular complexity index is 1230. The van der Waals surface area contributed by atoms with Crippen molar-refractivity contribution in [2.24, 2.45) is 0 Å². The molecule has 4 aromatic rings. The highest BCUT2D eigenvalue weighted by molar-refractivity contribution is 6.05. The average Bonchev–Trinajstić information content (AvgIpc) is 3.19. The highest BCUT2D eigenvalue weighted by Crippen LogP contribution is 2.29. The highest BCUT2D eigenvalue weighted by Gasteiger charge is 2.15. The number of ether oxygens (including phenoxy) is 1.